The molecule has 1 atom stereocenters. The van der Waals surface area contributed by atoms with Gasteiger partial charge in [0.15, 0.2) is 0 Å². The Balaban J connectivity index is 2.66. The SMILES string of the molecule is C=N/C(=C\C(=C)C)C1CCNC1. The zero-order chi connectivity index (χ0) is 8.97. The maximum atomic E-state index is 4.02. The van der Waals surface area contributed by atoms with Crippen LogP contribution in [0.25, 0.3) is 0 Å². The van der Waals surface area contributed by atoms with Crippen LogP contribution in [0.15, 0.2) is 28.9 Å². The third kappa shape index (κ3) is 2.31. The van der Waals surface area contributed by atoms with Gasteiger partial charge in [0.25, 0.3) is 0 Å². The third-order valence-electron chi connectivity index (χ3n) is 2.06. The first-order valence-corrected chi connectivity index (χ1v) is 4.28. The van der Waals surface area contributed by atoms with Crippen molar-refractivity contribution in [3.63, 3.8) is 0 Å². The van der Waals surface area contributed by atoms with Crippen molar-refractivity contribution in [2.45, 2.75) is 13.3 Å². The molecule has 0 saturated carbocycles. The van der Waals surface area contributed by atoms with E-state index in [4.69, 9.17) is 0 Å². The maximum absolute atomic E-state index is 4.02. The lowest BCUT2D eigenvalue weighted by atomic mass is 10.0. The van der Waals surface area contributed by atoms with Crippen LogP contribution in [0.2, 0.25) is 0 Å². The van der Waals surface area contributed by atoms with Crippen molar-refractivity contribution < 1.29 is 0 Å². The van der Waals surface area contributed by atoms with Crippen LogP contribution < -0.4 is 5.32 Å². The average Bonchev–Trinajstić information content (AvgIpc) is 2.51. The lowest BCUT2D eigenvalue weighted by Crippen LogP contribution is -2.10. The molecule has 1 aliphatic rings. The molecule has 1 heterocycles. The Labute approximate surface area is 74.1 Å². The summed E-state index contributed by atoms with van der Waals surface area (Å²) in [6, 6.07) is 0. The number of hydrogen-bond acceptors (Lipinski definition) is 2. The zero-order valence-electron chi connectivity index (χ0n) is 7.64. The van der Waals surface area contributed by atoms with E-state index in [0.717, 1.165) is 30.8 Å². The highest BCUT2D eigenvalue weighted by Gasteiger charge is 2.17. The van der Waals surface area contributed by atoms with Gasteiger partial charge < -0.3 is 5.32 Å². The van der Waals surface area contributed by atoms with Crippen molar-refractivity contribution in [3.8, 4) is 0 Å². The standard InChI is InChI=1S/C10H16N2/c1-8(2)6-10(11-3)9-4-5-12-7-9/h6,9,12H,1,3-5,7H2,2H3/b10-6-. The van der Waals surface area contributed by atoms with Gasteiger partial charge in [-0.2, -0.15) is 0 Å². The first-order valence-electron chi connectivity index (χ1n) is 4.28. The van der Waals surface area contributed by atoms with Gasteiger partial charge in [-0.15, -0.1) is 0 Å². The van der Waals surface area contributed by atoms with Crippen LogP contribution in [0.3, 0.4) is 0 Å². The topological polar surface area (TPSA) is 24.4 Å². The summed E-state index contributed by atoms with van der Waals surface area (Å²) in [4.78, 5) is 4.02. The van der Waals surface area contributed by atoms with E-state index >= 15 is 0 Å². The lowest BCUT2D eigenvalue weighted by Gasteiger charge is -2.07. The molecule has 0 radical (unpaired) electrons. The van der Waals surface area contributed by atoms with E-state index in [1.165, 1.54) is 0 Å². The molecule has 0 aromatic rings. The summed E-state index contributed by atoms with van der Waals surface area (Å²) in [5.41, 5.74) is 2.12. The Morgan fingerprint density at radius 2 is 2.42 bits per heavy atom. The second kappa shape index (κ2) is 4.21. The predicted molar refractivity (Wildman–Crippen MR) is 53.4 cm³/mol. The van der Waals surface area contributed by atoms with Crippen molar-refractivity contribution in [2.24, 2.45) is 10.9 Å². The van der Waals surface area contributed by atoms with Gasteiger partial charge >= 0.3 is 0 Å². The van der Waals surface area contributed by atoms with E-state index in [-0.39, 0.29) is 0 Å². The second-order valence-electron chi connectivity index (χ2n) is 3.26. The molecule has 1 fully saturated rings. The van der Waals surface area contributed by atoms with Crippen LogP contribution in [-0.2, 0) is 0 Å². The second-order valence-corrected chi connectivity index (χ2v) is 3.26. The maximum Gasteiger partial charge on any atom is 0.0442 e. The molecular weight excluding hydrogens is 148 g/mol. The molecule has 0 aliphatic carbocycles. The number of nitrogens with one attached hydrogen (secondary N) is 1. The monoisotopic (exact) mass is 164 g/mol. The summed E-state index contributed by atoms with van der Waals surface area (Å²) >= 11 is 0. The molecule has 1 saturated heterocycles. The van der Waals surface area contributed by atoms with Gasteiger partial charge in [0.2, 0.25) is 0 Å². The van der Waals surface area contributed by atoms with Crippen molar-refractivity contribution in [1.29, 1.82) is 0 Å². The van der Waals surface area contributed by atoms with E-state index < -0.39 is 0 Å². The molecule has 0 aromatic heterocycles. The summed E-state index contributed by atoms with van der Waals surface area (Å²) in [6.07, 6.45) is 3.18. The number of nitrogens with zero attached hydrogens (tertiary/aromatic N) is 1. The van der Waals surface area contributed by atoms with Gasteiger partial charge in [0, 0.05) is 18.2 Å². The Kier molecular flexibility index (Phi) is 3.23. The molecule has 1 aliphatic heterocycles. The first-order chi connectivity index (χ1) is 5.74. The number of allylic oxidation sites excluding steroid dienone is 2. The summed E-state index contributed by atoms with van der Waals surface area (Å²) in [5, 5.41) is 3.30. The van der Waals surface area contributed by atoms with Gasteiger partial charge in [-0.3, -0.25) is 4.99 Å². The highest BCUT2D eigenvalue weighted by Crippen LogP contribution is 2.19. The van der Waals surface area contributed by atoms with Gasteiger partial charge in [0.1, 0.15) is 0 Å². The highest BCUT2D eigenvalue weighted by molar-refractivity contribution is 5.32. The molecule has 1 N–H and O–H groups in total. The smallest absolute Gasteiger partial charge is 0.0442 e. The fourth-order valence-corrected chi connectivity index (χ4v) is 1.45. The molecule has 1 rings (SSSR count). The largest absolute Gasteiger partial charge is 0.316 e. The van der Waals surface area contributed by atoms with E-state index in [1.54, 1.807) is 0 Å². The average molecular weight is 164 g/mol. The van der Waals surface area contributed by atoms with Crippen LogP contribution in [0, 0.1) is 5.92 Å². The number of aliphatic imine (C=N–C) groups is 1. The third-order valence-corrected chi connectivity index (χ3v) is 2.06. The van der Waals surface area contributed by atoms with E-state index in [0.29, 0.717) is 5.92 Å². The van der Waals surface area contributed by atoms with Crippen molar-refractivity contribution in [2.75, 3.05) is 13.1 Å². The lowest BCUT2D eigenvalue weighted by molar-refractivity contribution is 0.674. The van der Waals surface area contributed by atoms with Crippen molar-refractivity contribution in [1.82, 2.24) is 5.32 Å². The Hall–Kier alpha value is -0.890. The van der Waals surface area contributed by atoms with Gasteiger partial charge in [-0.1, -0.05) is 12.2 Å². The van der Waals surface area contributed by atoms with E-state index in [9.17, 15) is 0 Å². The molecule has 12 heavy (non-hydrogen) atoms. The molecule has 0 amide bonds. The minimum Gasteiger partial charge on any atom is -0.316 e. The minimum atomic E-state index is 0.541. The molecule has 2 heteroatoms. The van der Waals surface area contributed by atoms with Gasteiger partial charge in [0.05, 0.1) is 0 Å². The van der Waals surface area contributed by atoms with Crippen LogP contribution >= 0.6 is 0 Å². The normalized spacial score (nSPS) is 24.1. The molecule has 0 aromatic carbocycles. The summed E-state index contributed by atoms with van der Waals surface area (Å²) < 4.78 is 0. The van der Waals surface area contributed by atoms with Crippen LogP contribution in [0.1, 0.15) is 13.3 Å². The summed E-state index contributed by atoms with van der Waals surface area (Å²) in [7, 11) is 0. The fourth-order valence-electron chi connectivity index (χ4n) is 1.45. The Bertz CT molecular complexity index is 210. The predicted octanol–water partition coefficient (Wildman–Crippen LogP) is 1.76. The number of rotatable bonds is 3. The van der Waals surface area contributed by atoms with Crippen LogP contribution in [0.4, 0.5) is 0 Å². The van der Waals surface area contributed by atoms with Crippen LogP contribution in [0.5, 0.6) is 0 Å². The fraction of sp³-hybridized carbons (Fsp3) is 0.500. The van der Waals surface area contributed by atoms with Gasteiger partial charge in [-0.05, 0) is 32.7 Å². The molecule has 0 bridgehead atoms. The van der Waals surface area contributed by atoms with Crippen molar-refractivity contribution >= 4 is 6.72 Å². The Morgan fingerprint density at radius 1 is 1.67 bits per heavy atom. The number of hydrogen-bond donors (Lipinski definition) is 1. The summed E-state index contributed by atoms with van der Waals surface area (Å²) in [5.74, 6) is 0.541. The molecule has 1 unspecified atom stereocenters. The van der Waals surface area contributed by atoms with Gasteiger partial charge in [-0.25, -0.2) is 0 Å². The molecule has 66 valence electrons. The molecular formula is C10H16N2. The minimum absolute atomic E-state index is 0.541. The van der Waals surface area contributed by atoms with E-state index in [1.807, 2.05) is 13.0 Å². The van der Waals surface area contributed by atoms with E-state index in [2.05, 4.69) is 23.6 Å². The van der Waals surface area contributed by atoms with Crippen molar-refractivity contribution in [3.05, 3.63) is 23.9 Å². The molecule has 0 spiro atoms. The quantitative estimate of drug-likeness (QED) is 0.499. The first kappa shape index (κ1) is 9.20. The highest BCUT2D eigenvalue weighted by atomic mass is 14.9. The zero-order valence-corrected chi connectivity index (χ0v) is 7.64. The van der Waals surface area contributed by atoms with Crippen LogP contribution in [-0.4, -0.2) is 19.8 Å². The summed E-state index contributed by atoms with van der Waals surface area (Å²) in [6.45, 7) is 11.5. The Morgan fingerprint density at radius 3 is 2.83 bits per heavy atom. The molecule has 2 nitrogen and oxygen atoms in total.